The van der Waals surface area contributed by atoms with Gasteiger partial charge in [-0.15, -0.1) is 0 Å². The van der Waals surface area contributed by atoms with E-state index in [0.29, 0.717) is 15.2 Å². The van der Waals surface area contributed by atoms with Gasteiger partial charge in [0.05, 0.1) is 9.40 Å². The number of para-hydroxylation sites is 2. The van der Waals surface area contributed by atoms with E-state index in [0.717, 1.165) is 0 Å². The molecule has 2 aromatic carbocycles. The fourth-order valence-electron chi connectivity index (χ4n) is 1.96. The van der Waals surface area contributed by atoms with Gasteiger partial charge in [0.2, 0.25) is 0 Å². The molecule has 0 heterocycles. The summed E-state index contributed by atoms with van der Waals surface area (Å²) in [6.07, 6.45) is -1.09. The van der Waals surface area contributed by atoms with Crippen molar-refractivity contribution in [3.63, 3.8) is 0 Å². The fourth-order valence-corrected chi connectivity index (χ4v) is 2.75. The zero-order valence-corrected chi connectivity index (χ0v) is 16.8. The topological polar surface area (TPSA) is 120 Å². The van der Waals surface area contributed by atoms with Crippen LogP contribution in [-0.4, -0.2) is 29.4 Å². The molecule has 0 spiro atoms. The fraction of sp³-hybridized carbons (Fsp3) is 0.176. The standard InChI is InChI=1S/C17H15BrClN3O6/c1-10(28-15-5-3-2-4-13(15)22(25)26)17(24)21-20-16(23)9-27-14-7-6-11(19)8-12(14)18/h2-8,10H,9H2,1H3,(H,20,23)(H,21,24). The lowest BCUT2D eigenvalue weighted by Crippen LogP contribution is -2.48. The minimum Gasteiger partial charge on any atom is -0.483 e. The first-order chi connectivity index (χ1) is 13.3. The van der Waals surface area contributed by atoms with E-state index in [1.165, 1.54) is 25.1 Å². The lowest BCUT2D eigenvalue weighted by atomic mass is 10.3. The molecule has 0 aliphatic carbocycles. The highest BCUT2D eigenvalue weighted by Gasteiger charge is 2.21. The summed E-state index contributed by atoms with van der Waals surface area (Å²) in [5.74, 6) is -0.969. The number of carbonyl (C=O) groups is 2. The van der Waals surface area contributed by atoms with Crippen LogP contribution in [0.2, 0.25) is 5.02 Å². The van der Waals surface area contributed by atoms with Gasteiger partial charge in [-0.2, -0.15) is 0 Å². The normalized spacial score (nSPS) is 11.2. The summed E-state index contributed by atoms with van der Waals surface area (Å²) in [5, 5.41) is 11.5. The molecule has 9 nitrogen and oxygen atoms in total. The number of nitrogens with zero attached hydrogens (tertiary/aromatic N) is 1. The van der Waals surface area contributed by atoms with Crippen molar-refractivity contribution in [2.24, 2.45) is 0 Å². The van der Waals surface area contributed by atoms with Crippen LogP contribution in [0.5, 0.6) is 11.5 Å². The Bertz CT molecular complexity index is 895. The van der Waals surface area contributed by atoms with Crippen LogP contribution in [0.15, 0.2) is 46.9 Å². The number of hydrazine groups is 1. The first kappa shape index (κ1) is 21.5. The summed E-state index contributed by atoms with van der Waals surface area (Å²) in [6, 6.07) is 10.4. The van der Waals surface area contributed by atoms with E-state index in [9.17, 15) is 19.7 Å². The van der Waals surface area contributed by atoms with Crippen molar-refractivity contribution >= 4 is 45.0 Å². The molecule has 0 aliphatic heterocycles. The molecule has 0 bridgehead atoms. The molecule has 0 aromatic heterocycles. The number of amides is 2. The SMILES string of the molecule is CC(Oc1ccccc1[N+](=O)[O-])C(=O)NNC(=O)COc1ccc(Cl)cc1Br. The predicted molar refractivity (Wildman–Crippen MR) is 104 cm³/mol. The molecule has 1 atom stereocenters. The number of ether oxygens (including phenoxy) is 2. The molecule has 2 N–H and O–H groups in total. The highest BCUT2D eigenvalue weighted by atomic mass is 79.9. The van der Waals surface area contributed by atoms with E-state index >= 15 is 0 Å². The van der Waals surface area contributed by atoms with Crippen molar-refractivity contribution in [2.45, 2.75) is 13.0 Å². The first-order valence-electron chi connectivity index (χ1n) is 7.84. The summed E-state index contributed by atoms with van der Waals surface area (Å²) in [5.41, 5.74) is 4.06. The van der Waals surface area contributed by atoms with Crippen molar-refractivity contribution in [1.82, 2.24) is 10.9 Å². The van der Waals surface area contributed by atoms with Crippen molar-refractivity contribution in [3.8, 4) is 11.5 Å². The van der Waals surface area contributed by atoms with Gasteiger partial charge in [-0.3, -0.25) is 30.6 Å². The van der Waals surface area contributed by atoms with Crippen LogP contribution in [0, 0.1) is 10.1 Å². The van der Waals surface area contributed by atoms with Crippen molar-refractivity contribution in [3.05, 3.63) is 62.1 Å². The molecule has 148 valence electrons. The van der Waals surface area contributed by atoms with Gasteiger partial charge >= 0.3 is 5.69 Å². The van der Waals surface area contributed by atoms with Crippen LogP contribution in [0.4, 0.5) is 5.69 Å². The number of hydrogen-bond donors (Lipinski definition) is 2. The van der Waals surface area contributed by atoms with Crippen LogP contribution < -0.4 is 20.3 Å². The van der Waals surface area contributed by atoms with Gasteiger partial charge in [-0.25, -0.2) is 0 Å². The van der Waals surface area contributed by atoms with Crippen molar-refractivity contribution in [2.75, 3.05) is 6.61 Å². The van der Waals surface area contributed by atoms with E-state index in [-0.39, 0.29) is 18.0 Å². The lowest BCUT2D eigenvalue weighted by Gasteiger charge is -2.15. The average molecular weight is 473 g/mol. The Morgan fingerprint density at radius 2 is 1.93 bits per heavy atom. The van der Waals surface area contributed by atoms with E-state index in [2.05, 4.69) is 26.8 Å². The third kappa shape index (κ3) is 6.10. The zero-order valence-electron chi connectivity index (χ0n) is 14.5. The number of carbonyl (C=O) groups excluding carboxylic acids is 2. The van der Waals surface area contributed by atoms with Crippen LogP contribution in [-0.2, 0) is 9.59 Å². The van der Waals surface area contributed by atoms with Gasteiger partial charge in [0.15, 0.2) is 18.5 Å². The Labute approximate surface area is 173 Å². The lowest BCUT2D eigenvalue weighted by molar-refractivity contribution is -0.386. The third-order valence-electron chi connectivity index (χ3n) is 3.31. The van der Waals surface area contributed by atoms with E-state index in [1.807, 2.05) is 0 Å². The first-order valence-corrected chi connectivity index (χ1v) is 9.01. The van der Waals surface area contributed by atoms with E-state index < -0.39 is 22.8 Å². The monoisotopic (exact) mass is 471 g/mol. The number of benzene rings is 2. The number of nitro benzene ring substituents is 1. The molecule has 2 rings (SSSR count). The summed E-state index contributed by atoms with van der Waals surface area (Å²) in [6.45, 7) is 1.03. The largest absolute Gasteiger partial charge is 0.483 e. The molecular weight excluding hydrogens is 458 g/mol. The molecule has 0 fully saturated rings. The number of nitro groups is 1. The number of hydrogen-bond acceptors (Lipinski definition) is 6. The molecule has 0 saturated heterocycles. The number of rotatable bonds is 7. The second kappa shape index (κ2) is 9.90. The minimum absolute atomic E-state index is 0.0580. The Hall–Kier alpha value is -2.85. The van der Waals surface area contributed by atoms with Gasteiger partial charge in [0, 0.05) is 11.1 Å². The predicted octanol–water partition coefficient (Wildman–Crippen LogP) is 3.00. The van der Waals surface area contributed by atoms with Gasteiger partial charge in [-0.1, -0.05) is 23.7 Å². The summed E-state index contributed by atoms with van der Waals surface area (Å²) in [4.78, 5) is 34.2. The van der Waals surface area contributed by atoms with E-state index in [4.69, 9.17) is 21.1 Å². The average Bonchev–Trinajstić information content (AvgIpc) is 2.65. The van der Waals surface area contributed by atoms with Crippen molar-refractivity contribution in [1.29, 1.82) is 0 Å². The number of halogens is 2. The second-order valence-electron chi connectivity index (χ2n) is 5.39. The van der Waals surface area contributed by atoms with Gasteiger partial charge in [0.25, 0.3) is 11.8 Å². The van der Waals surface area contributed by atoms with Gasteiger partial charge < -0.3 is 9.47 Å². The third-order valence-corrected chi connectivity index (χ3v) is 4.17. The van der Waals surface area contributed by atoms with Gasteiger partial charge in [-0.05, 0) is 47.1 Å². The summed E-state index contributed by atoms with van der Waals surface area (Å²) in [7, 11) is 0. The maximum atomic E-state index is 12.0. The van der Waals surface area contributed by atoms with Crippen LogP contribution in [0.3, 0.4) is 0 Å². The molecule has 2 aromatic rings. The highest BCUT2D eigenvalue weighted by Crippen LogP contribution is 2.28. The molecule has 1 unspecified atom stereocenters. The maximum Gasteiger partial charge on any atom is 0.310 e. The molecule has 0 saturated carbocycles. The Balaban J connectivity index is 1.82. The molecule has 0 radical (unpaired) electrons. The second-order valence-corrected chi connectivity index (χ2v) is 6.68. The van der Waals surface area contributed by atoms with Crippen LogP contribution >= 0.6 is 27.5 Å². The Kier molecular flexibility index (Phi) is 7.59. The summed E-state index contributed by atoms with van der Waals surface area (Å²) >= 11 is 9.07. The maximum absolute atomic E-state index is 12.0. The Morgan fingerprint density at radius 1 is 1.21 bits per heavy atom. The molecule has 11 heteroatoms. The number of nitrogens with one attached hydrogen (secondary N) is 2. The van der Waals surface area contributed by atoms with Gasteiger partial charge in [0.1, 0.15) is 5.75 Å². The zero-order chi connectivity index (χ0) is 20.7. The quantitative estimate of drug-likeness (QED) is 0.472. The summed E-state index contributed by atoms with van der Waals surface area (Å²) < 4.78 is 11.2. The molecular formula is C17H15BrClN3O6. The van der Waals surface area contributed by atoms with Crippen molar-refractivity contribution < 1.29 is 24.0 Å². The van der Waals surface area contributed by atoms with E-state index in [1.54, 1.807) is 24.3 Å². The minimum atomic E-state index is -1.09. The van der Waals surface area contributed by atoms with Crippen LogP contribution in [0.25, 0.3) is 0 Å². The molecule has 28 heavy (non-hydrogen) atoms. The van der Waals surface area contributed by atoms with Crippen LogP contribution in [0.1, 0.15) is 6.92 Å². The highest BCUT2D eigenvalue weighted by molar-refractivity contribution is 9.10. The smallest absolute Gasteiger partial charge is 0.310 e. The molecule has 0 aliphatic rings. The Morgan fingerprint density at radius 3 is 2.61 bits per heavy atom. The molecule has 2 amide bonds.